The molecule has 1 N–H and O–H groups in total. The first-order valence-electron chi connectivity index (χ1n) is 12.5. The molecule has 1 unspecified atom stereocenters. The minimum atomic E-state index is -3.93. The summed E-state index contributed by atoms with van der Waals surface area (Å²) >= 11 is 0. The number of carbonyl (C=O) groups excluding carboxylic acids is 1. The zero-order chi connectivity index (χ0) is 25.7. The molecule has 1 aliphatic heterocycles. The van der Waals surface area contributed by atoms with Gasteiger partial charge in [0.25, 0.3) is 10.0 Å². The van der Waals surface area contributed by atoms with Crippen molar-refractivity contribution in [2.45, 2.75) is 51.0 Å². The van der Waals surface area contributed by atoms with Crippen molar-refractivity contribution in [2.24, 2.45) is 0 Å². The van der Waals surface area contributed by atoms with E-state index in [9.17, 15) is 13.2 Å². The molecule has 190 valence electrons. The molecule has 1 saturated heterocycles. The summed E-state index contributed by atoms with van der Waals surface area (Å²) in [5, 5.41) is 2.98. The van der Waals surface area contributed by atoms with Crippen LogP contribution >= 0.6 is 0 Å². The second-order valence-corrected chi connectivity index (χ2v) is 11.5. The number of anilines is 2. The van der Waals surface area contributed by atoms with Crippen molar-refractivity contribution in [1.82, 2.24) is 5.32 Å². The number of carbonyl (C=O) groups is 1. The smallest absolute Gasteiger partial charge is 0.264 e. The highest BCUT2D eigenvalue weighted by molar-refractivity contribution is 7.92. The summed E-state index contributed by atoms with van der Waals surface area (Å²) in [6.07, 6.45) is 3.73. The molecule has 1 atom stereocenters. The van der Waals surface area contributed by atoms with Gasteiger partial charge in [-0.15, -0.1) is 0 Å². The summed E-state index contributed by atoms with van der Waals surface area (Å²) in [5.74, 6) is -0.362. The maximum Gasteiger partial charge on any atom is 0.264 e. The van der Waals surface area contributed by atoms with Gasteiger partial charge in [-0.3, -0.25) is 9.10 Å². The Kier molecular flexibility index (Phi) is 7.99. The number of hydrogen-bond donors (Lipinski definition) is 1. The lowest BCUT2D eigenvalue weighted by Crippen LogP contribution is -2.41. The van der Waals surface area contributed by atoms with Crippen LogP contribution in [-0.4, -0.2) is 34.0 Å². The van der Waals surface area contributed by atoms with Crippen molar-refractivity contribution < 1.29 is 13.2 Å². The molecule has 0 radical (unpaired) electrons. The van der Waals surface area contributed by atoms with Gasteiger partial charge in [0.15, 0.2) is 0 Å². The van der Waals surface area contributed by atoms with E-state index in [4.69, 9.17) is 0 Å². The quantitative estimate of drug-likeness (QED) is 0.447. The third-order valence-electron chi connectivity index (χ3n) is 6.71. The van der Waals surface area contributed by atoms with Crippen LogP contribution in [0.5, 0.6) is 0 Å². The SMILES string of the molecule is Cc1ccc(N(CC(=O)NC(C)c2ccc(N3CCCCC3)cc2)S(=O)(=O)c2ccc(C)cc2)cc1. The Morgan fingerprint density at radius 2 is 1.42 bits per heavy atom. The number of piperidine rings is 1. The van der Waals surface area contributed by atoms with Gasteiger partial charge in [-0.2, -0.15) is 0 Å². The number of amides is 1. The second-order valence-electron chi connectivity index (χ2n) is 9.59. The van der Waals surface area contributed by atoms with Crippen LogP contribution in [0.1, 0.15) is 48.9 Å². The molecule has 3 aromatic carbocycles. The average molecular weight is 506 g/mol. The molecule has 0 spiro atoms. The lowest BCUT2D eigenvalue weighted by atomic mass is 10.1. The molecule has 1 aliphatic rings. The van der Waals surface area contributed by atoms with Gasteiger partial charge < -0.3 is 10.2 Å². The Hall–Kier alpha value is -3.32. The molecule has 7 heteroatoms. The molecule has 0 aliphatic carbocycles. The number of aryl methyl sites for hydroxylation is 2. The van der Waals surface area contributed by atoms with Gasteiger partial charge in [-0.25, -0.2) is 8.42 Å². The zero-order valence-electron chi connectivity index (χ0n) is 21.3. The van der Waals surface area contributed by atoms with Crippen molar-refractivity contribution in [3.8, 4) is 0 Å². The van der Waals surface area contributed by atoms with Crippen LogP contribution in [0.4, 0.5) is 11.4 Å². The average Bonchev–Trinajstić information content (AvgIpc) is 2.89. The Morgan fingerprint density at radius 3 is 2.00 bits per heavy atom. The lowest BCUT2D eigenvalue weighted by molar-refractivity contribution is -0.120. The monoisotopic (exact) mass is 505 g/mol. The first kappa shape index (κ1) is 25.8. The molecule has 0 saturated carbocycles. The fraction of sp³-hybridized carbons (Fsp3) is 0.345. The molecule has 3 aromatic rings. The van der Waals surface area contributed by atoms with Crippen molar-refractivity contribution in [2.75, 3.05) is 28.8 Å². The van der Waals surface area contributed by atoms with Crippen LogP contribution in [0.3, 0.4) is 0 Å². The number of benzene rings is 3. The minimum absolute atomic E-state index is 0.155. The van der Waals surface area contributed by atoms with Crippen LogP contribution in [-0.2, 0) is 14.8 Å². The molecule has 0 aromatic heterocycles. The first-order valence-corrected chi connectivity index (χ1v) is 14.0. The van der Waals surface area contributed by atoms with Crippen molar-refractivity contribution in [1.29, 1.82) is 0 Å². The predicted octanol–water partition coefficient (Wildman–Crippen LogP) is 5.37. The Morgan fingerprint density at radius 1 is 0.861 bits per heavy atom. The molecule has 0 bridgehead atoms. The molecule has 1 heterocycles. The number of hydrogen-bond acceptors (Lipinski definition) is 4. The van der Waals surface area contributed by atoms with Gasteiger partial charge in [0.1, 0.15) is 6.54 Å². The summed E-state index contributed by atoms with van der Waals surface area (Å²) in [5.41, 5.74) is 4.61. The van der Waals surface area contributed by atoms with Crippen molar-refractivity contribution in [3.05, 3.63) is 89.5 Å². The third kappa shape index (κ3) is 6.08. The van der Waals surface area contributed by atoms with E-state index < -0.39 is 10.0 Å². The molecular weight excluding hydrogens is 470 g/mol. The first-order chi connectivity index (χ1) is 17.2. The number of rotatable bonds is 8. The zero-order valence-corrected chi connectivity index (χ0v) is 22.1. The van der Waals surface area contributed by atoms with Crippen LogP contribution in [0.15, 0.2) is 77.7 Å². The normalized spacial score (nSPS) is 14.8. The number of nitrogens with zero attached hydrogens (tertiary/aromatic N) is 2. The number of nitrogens with one attached hydrogen (secondary N) is 1. The van der Waals surface area contributed by atoms with Gasteiger partial charge in [-0.05, 0) is 82.0 Å². The molecule has 1 fully saturated rings. The summed E-state index contributed by atoms with van der Waals surface area (Å²) in [4.78, 5) is 15.6. The molecular formula is C29H35N3O3S. The second kappa shape index (κ2) is 11.2. The maximum atomic E-state index is 13.5. The van der Waals surface area contributed by atoms with E-state index in [0.717, 1.165) is 29.8 Å². The van der Waals surface area contributed by atoms with Gasteiger partial charge in [-0.1, -0.05) is 47.5 Å². The van der Waals surface area contributed by atoms with E-state index >= 15 is 0 Å². The molecule has 36 heavy (non-hydrogen) atoms. The van der Waals surface area contributed by atoms with Crippen molar-refractivity contribution >= 4 is 27.3 Å². The molecule has 1 amide bonds. The summed E-state index contributed by atoms with van der Waals surface area (Å²) < 4.78 is 28.3. The fourth-order valence-electron chi connectivity index (χ4n) is 4.49. The van der Waals surface area contributed by atoms with E-state index in [1.165, 1.54) is 29.3 Å². The Bertz CT molecular complexity index is 1260. The van der Waals surface area contributed by atoms with E-state index in [2.05, 4.69) is 22.3 Å². The lowest BCUT2D eigenvalue weighted by Gasteiger charge is -2.29. The predicted molar refractivity (Wildman–Crippen MR) is 146 cm³/mol. The standard InChI is InChI=1S/C29H35N3O3S/c1-22-7-13-27(14-8-22)32(36(34,35)28-17-9-23(2)10-18-28)21-29(33)30-24(3)25-11-15-26(16-12-25)31-19-5-4-6-20-31/h7-18,24H,4-6,19-21H2,1-3H3,(H,30,33). The molecule has 4 rings (SSSR count). The highest BCUT2D eigenvalue weighted by atomic mass is 32.2. The summed E-state index contributed by atoms with van der Waals surface area (Å²) in [7, 11) is -3.93. The summed E-state index contributed by atoms with van der Waals surface area (Å²) in [6, 6.07) is 21.9. The van der Waals surface area contributed by atoms with Crippen LogP contribution < -0.4 is 14.5 Å². The van der Waals surface area contributed by atoms with Crippen molar-refractivity contribution in [3.63, 3.8) is 0 Å². The minimum Gasteiger partial charge on any atom is -0.372 e. The highest BCUT2D eigenvalue weighted by Gasteiger charge is 2.27. The molecule has 6 nitrogen and oxygen atoms in total. The van der Waals surface area contributed by atoms with E-state index in [-0.39, 0.29) is 23.4 Å². The fourth-order valence-corrected chi connectivity index (χ4v) is 5.91. The maximum absolute atomic E-state index is 13.5. The largest absolute Gasteiger partial charge is 0.372 e. The van der Waals surface area contributed by atoms with E-state index in [1.54, 1.807) is 36.4 Å². The Balaban J connectivity index is 1.50. The number of sulfonamides is 1. The van der Waals surface area contributed by atoms with Gasteiger partial charge in [0, 0.05) is 18.8 Å². The highest BCUT2D eigenvalue weighted by Crippen LogP contribution is 2.25. The Labute approximate surface area is 215 Å². The van der Waals surface area contributed by atoms with E-state index in [0.29, 0.717) is 5.69 Å². The van der Waals surface area contributed by atoms with E-state index in [1.807, 2.05) is 45.0 Å². The summed E-state index contributed by atoms with van der Waals surface area (Å²) in [6.45, 7) is 7.61. The van der Waals surface area contributed by atoms with Gasteiger partial charge >= 0.3 is 0 Å². The van der Waals surface area contributed by atoms with Crippen LogP contribution in [0, 0.1) is 13.8 Å². The van der Waals surface area contributed by atoms with Gasteiger partial charge in [0.2, 0.25) is 5.91 Å². The van der Waals surface area contributed by atoms with Crippen LogP contribution in [0.25, 0.3) is 0 Å². The van der Waals surface area contributed by atoms with Gasteiger partial charge in [0.05, 0.1) is 16.6 Å². The topological polar surface area (TPSA) is 69.7 Å². The third-order valence-corrected chi connectivity index (χ3v) is 8.50. The van der Waals surface area contributed by atoms with Crippen LogP contribution in [0.2, 0.25) is 0 Å².